The fourth-order valence-electron chi connectivity index (χ4n) is 5.00. The monoisotopic (exact) mass is 574 g/mol. The number of ether oxygens (including phenoxy) is 3. The third-order valence-electron chi connectivity index (χ3n) is 7.36. The molecule has 0 N–H and O–H groups in total. The highest BCUT2D eigenvalue weighted by Gasteiger charge is 2.26. The quantitative estimate of drug-likeness (QED) is 0.249. The number of carbonyl (C=O) groups is 2. The van der Waals surface area contributed by atoms with E-state index in [4.69, 9.17) is 14.2 Å². The fourth-order valence-corrected chi connectivity index (χ4v) is 5.19. The Morgan fingerprint density at radius 3 is 1.85 bits per heavy atom. The molecule has 216 valence electrons. The van der Waals surface area contributed by atoms with Crippen LogP contribution in [0.3, 0.4) is 0 Å². The number of carbonyl (C=O) groups excluding carboxylic acids is 2. The average Bonchev–Trinajstić information content (AvgIpc) is 3.01. The third kappa shape index (κ3) is 7.47. The zero-order chi connectivity index (χ0) is 29.4. The molecule has 2 amide bonds. The van der Waals surface area contributed by atoms with Crippen LogP contribution in [0.25, 0.3) is 5.57 Å². The molecule has 1 fully saturated rings. The number of hydrogen-bond acceptors (Lipinski definition) is 5. The lowest BCUT2D eigenvalue weighted by Gasteiger charge is -2.35. The van der Waals surface area contributed by atoms with Gasteiger partial charge in [0.25, 0.3) is 5.91 Å². The van der Waals surface area contributed by atoms with E-state index in [1.165, 1.54) is 43.6 Å². The summed E-state index contributed by atoms with van der Waals surface area (Å²) in [6.07, 6.45) is 4.28. The highest BCUT2D eigenvalue weighted by atomic mass is 31.0. The van der Waals surface area contributed by atoms with Crippen LogP contribution in [-0.2, 0) is 4.79 Å². The number of amides is 2. The fraction of sp³-hybridized carbons (Fsp3) is 0.333. The second kappa shape index (κ2) is 14.2. The molecule has 3 aromatic rings. The number of methoxy groups -OCH3 is 3. The van der Waals surface area contributed by atoms with Crippen LogP contribution >= 0.6 is 9.24 Å². The minimum Gasteiger partial charge on any atom is -0.493 e. The molecule has 1 aliphatic rings. The van der Waals surface area contributed by atoms with Gasteiger partial charge in [0.15, 0.2) is 11.5 Å². The van der Waals surface area contributed by atoms with Crippen molar-refractivity contribution < 1.29 is 23.8 Å². The van der Waals surface area contributed by atoms with E-state index in [1.54, 1.807) is 17.0 Å². The summed E-state index contributed by atoms with van der Waals surface area (Å²) >= 11 is 0. The zero-order valence-corrected chi connectivity index (χ0v) is 25.5. The van der Waals surface area contributed by atoms with Crippen LogP contribution in [0.15, 0.2) is 66.7 Å². The van der Waals surface area contributed by atoms with Crippen molar-refractivity contribution in [1.82, 2.24) is 9.80 Å². The Hall–Kier alpha value is -3.83. The summed E-state index contributed by atoms with van der Waals surface area (Å²) in [4.78, 5) is 29.8. The summed E-state index contributed by atoms with van der Waals surface area (Å²) in [5.74, 6) is 1.32. The number of allylic oxidation sites excluding steroid dienone is 1. The van der Waals surface area contributed by atoms with E-state index in [-0.39, 0.29) is 11.8 Å². The maximum atomic E-state index is 13.2. The van der Waals surface area contributed by atoms with Crippen molar-refractivity contribution in [3.05, 3.63) is 89.0 Å². The highest BCUT2D eigenvalue weighted by Crippen LogP contribution is 2.38. The molecule has 0 bridgehead atoms. The van der Waals surface area contributed by atoms with E-state index in [1.807, 2.05) is 4.90 Å². The summed E-state index contributed by atoms with van der Waals surface area (Å²) in [5.41, 5.74) is 5.21. The maximum Gasteiger partial charge on any atom is 0.254 e. The van der Waals surface area contributed by atoms with Crippen molar-refractivity contribution in [2.75, 3.05) is 47.5 Å². The van der Waals surface area contributed by atoms with Crippen LogP contribution in [0.5, 0.6) is 17.2 Å². The van der Waals surface area contributed by atoms with E-state index in [0.717, 1.165) is 18.1 Å². The molecule has 41 heavy (non-hydrogen) atoms. The normalized spacial score (nSPS) is 13.6. The van der Waals surface area contributed by atoms with E-state index in [2.05, 4.69) is 70.8 Å². The molecule has 7 nitrogen and oxygen atoms in total. The number of nitrogens with zero attached hydrogens (tertiary/aromatic N) is 2. The average molecular weight is 575 g/mol. The van der Waals surface area contributed by atoms with Crippen molar-refractivity contribution in [1.29, 1.82) is 0 Å². The summed E-state index contributed by atoms with van der Waals surface area (Å²) in [7, 11) is 7.30. The molecular formula is C33H39N2O5P. The molecule has 0 radical (unpaired) electrons. The topological polar surface area (TPSA) is 68.3 Å². The van der Waals surface area contributed by atoms with Gasteiger partial charge in [-0.25, -0.2) is 0 Å². The predicted octanol–water partition coefficient (Wildman–Crippen LogP) is 5.11. The van der Waals surface area contributed by atoms with E-state index < -0.39 is 0 Å². The van der Waals surface area contributed by atoms with Crippen molar-refractivity contribution in [3.8, 4) is 17.2 Å². The van der Waals surface area contributed by atoms with Gasteiger partial charge in [-0.3, -0.25) is 9.59 Å². The van der Waals surface area contributed by atoms with E-state index in [0.29, 0.717) is 55.4 Å². The van der Waals surface area contributed by atoms with Crippen LogP contribution in [0.1, 0.15) is 46.3 Å². The van der Waals surface area contributed by atoms with Crippen molar-refractivity contribution in [3.63, 3.8) is 0 Å². The molecule has 1 atom stereocenters. The van der Waals surface area contributed by atoms with E-state index in [9.17, 15) is 9.59 Å². The van der Waals surface area contributed by atoms with Crippen LogP contribution < -0.4 is 19.5 Å². The lowest BCUT2D eigenvalue weighted by Crippen LogP contribution is -2.50. The second-order valence-corrected chi connectivity index (χ2v) is 10.8. The van der Waals surface area contributed by atoms with Crippen molar-refractivity contribution in [2.24, 2.45) is 0 Å². The number of rotatable bonds is 10. The number of hydrogen-bond donors (Lipinski definition) is 0. The first-order valence-electron chi connectivity index (χ1n) is 13.8. The minimum atomic E-state index is -0.125. The minimum absolute atomic E-state index is 0.125. The molecule has 3 aromatic carbocycles. The van der Waals surface area contributed by atoms with Gasteiger partial charge in [-0.1, -0.05) is 60.2 Å². The Morgan fingerprint density at radius 1 is 0.780 bits per heavy atom. The zero-order valence-electron chi connectivity index (χ0n) is 24.3. The number of piperazine rings is 1. The largest absolute Gasteiger partial charge is 0.493 e. The molecule has 1 aliphatic heterocycles. The van der Waals surface area contributed by atoms with Gasteiger partial charge in [0.1, 0.15) is 0 Å². The molecule has 1 saturated heterocycles. The van der Waals surface area contributed by atoms with Gasteiger partial charge in [-0.2, -0.15) is 0 Å². The molecule has 4 rings (SSSR count). The summed E-state index contributed by atoms with van der Waals surface area (Å²) in [6.45, 7) is 4.07. The summed E-state index contributed by atoms with van der Waals surface area (Å²) in [6, 6.07) is 20.3. The molecule has 0 aliphatic carbocycles. The first-order valence-corrected chi connectivity index (χ1v) is 14.4. The van der Waals surface area contributed by atoms with Gasteiger partial charge < -0.3 is 24.0 Å². The van der Waals surface area contributed by atoms with Gasteiger partial charge in [-0.15, -0.1) is 9.24 Å². The lowest BCUT2D eigenvalue weighted by molar-refractivity contribution is -0.132. The van der Waals surface area contributed by atoms with Crippen molar-refractivity contribution in [2.45, 2.75) is 26.2 Å². The smallest absolute Gasteiger partial charge is 0.254 e. The van der Waals surface area contributed by atoms with Crippen LogP contribution in [0.4, 0.5) is 0 Å². The van der Waals surface area contributed by atoms with E-state index >= 15 is 0 Å². The number of aryl methyl sites for hydroxylation is 1. The van der Waals surface area contributed by atoms with Crippen molar-refractivity contribution >= 4 is 31.9 Å². The summed E-state index contributed by atoms with van der Waals surface area (Å²) < 4.78 is 16.1. The highest BCUT2D eigenvalue weighted by molar-refractivity contribution is 7.27. The number of benzene rings is 3. The Kier molecular flexibility index (Phi) is 10.4. The lowest BCUT2D eigenvalue weighted by atomic mass is 9.95. The third-order valence-corrected chi connectivity index (χ3v) is 7.74. The van der Waals surface area contributed by atoms with Gasteiger partial charge >= 0.3 is 0 Å². The Morgan fingerprint density at radius 2 is 1.32 bits per heavy atom. The molecule has 0 spiro atoms. The molecule has 8 heteroatoms. The van der Waals surface area contributed by atoms with Crippen LogP contribution in [0, 0.1) is 6.92 Å². The molecule has 1 heterocycles. The first-order chi connectivity index (χ1) is 19.8. The number of unbranched alkanes of at least 4 members (excludes halogenated alkanes) is 1. The van der Waals surface area contributed by atoms with Gasteiger partial charge in [-0.05, 0) is 53.9 Å². The summed E-state index contributed by atoms with van der Waals surface area (Å²) in [5, 5.41) is 1.15. The Balaban J connectivity index is 1.33. The predicted molar refractivity (Wildman–Crippen MR) is 166 cm³/mol. The Bertz CT molecular complexity index is 1310. The SMILES string of the molecule is COc1cc(C(=O)N2CCN(C(=O)CCC/C=C(/c3ccc(C)cc3)c3ccc(P)cc3)CC2)cc(OC)c1OC. The Labute approximate surface area is 245 Å². The maximum absolute atomic E-state index is 13.2. The van der Waals surface area contributed by atoms with Gasteiger partial charge in [0.2, 0.25) is 11.7 Å². The van der Waals surface area contributed by atoms with Gasteiger partial charge in [0, 0.05) is 38.2 Å². The molecule has 1 unspecified atom stereocenters. The van der Waals surface area contributed by atoms with Crippen LogP contribution in [0.2, 0.25) is 0 Å². The molecule has 0 aromatic heterocycles. The second-order valence-electron chi connectivity index (χ2n) is 10.1. The molecular weight excluding hydrogens is 535 g/mol. The van der Waals surface area contributed by atoms with Gasteiger partial charge in [0.05, 0.1) is 21.3 Å². The standard InChI is InChI=1S/C33H39N2O5P/c1-23-9-11-24(12-10-23)28(25-13-15-27(41)16-14-25)7-5-6-8-31(36)34-17-19-35(20-18-34)33(37)26-21-29(38-2)32(40-4)30(22-26)39-3/h7,9-16,21-22H,5-6,8,17-20,41H2,1-4H3/b28-7-. The van der Waals surface area contributed by atoms with Crippen LogP contribution in [-0.4, -0.2) is 69.1 Å². The molecule has 0 saturated carbocycles. The first kappa shape index (κ1) is 30.1.